The van der Waals surface area contributed by atoms with E-state index in [0.29, 0.717) is 18.5 Å². The second-order valence-electron chi connectivity index (χ2n) is 2.31. The molecule has 0 fully saturated rings. The summed E-state index contributed by atoms with van der Waals surface area (Å²) in [5.74, 6) is -0.233. The Morgan fingerprint density at radius 1 is 1.45 bits per heavy atom. The Bertz CT molecular complexity index is 250. The molecule has 3 N–H and O–H groups in total. The molecule has 0 spiro atoms. The minimum atomic E-state index is -0.312. The molecule has 3 heteroatoms. The molecule has 0 atom stereocenters. The van der Waals surface area contributed by atoms with Crippen molar-refractivity contribution in [1.82, 2.24) is 0 Å². The molecular formula is C8H10FNO. The predicted octanol–water partition coefficient (Wildman–Crippen LogP) is 1.03. The van der Waals surface area contributed by atoms with Gasteiger partial charge < -0.3 is 10.8 Å². The number of phenols is 1. The number of halogens is 1. The second-order valence-corrected chi connectivity index (χ2v) is 2.31. The lowest BCUT2D eigenvalue weighted by molar-refractivity contribution is 0.471. The molecule has 1 aromatic rings. The maximum absolute atomic E-state index is 12.8. The molecule has 60 valence electrons. The zero-order valence-electron chi connectivity index (χ0n) is 6.05. The van der Waals surface area contributed by atoms with Gasteiger partial charge in [-0.25, -0.2) is 4.39 Å². The van der Waals surface area contributed by atoms with Crippen LogP contribution in [-0.2, 0) is 6.42 Å². The lowest BCUT2D eigenvalue weighted by atomic mass is 10.1. The molecule has 0 aliphatic heterocycles. The minimum Gasteiger partial charge on any atom is -0.508 e. The quantitative estimate of drug-likeness (QED) is 0.668. The Morgan fingerprint density at radius 2 is 2.18 bits per heavy atom. The lowest BCUT2D eigenvalue weighted by Gasteiger charge is -2.00. The molecule has 0 aliphatic carbocycles. The Morgan fingerprint density at radius 3 is 2.82 bits per heavy atom. The third-order valence-electron chi connectivity index (χ3n) is 1.44. The molecule has 0 aliphatic rings. The van der Waals surface area contributed by atoms with Crippen molar-refractivity contribution in [3.8, 4) is 5.75 Å². The number of phenolic OH excluding ortho intramolecular Hbond substituents is 1. The largest absolute Gasteiger partial charge is 0.508 e. The van der Waals surface area contributed by atoms with Gasteiger partial charge in [0.05, 0.1) is 0 Å². The topological polar surface area (TPSA) is 46.2 Å². The van der Waals surface area contributed by atoms with Crippen LogP contribution in [0.1, 0.15) is 5.56 Å². The van der Waals surface area contributed by atoms with Crippen LogP contribution in [-0.4, -0.2) is 11.7 Å². The van der Waals surface area contributed by atoms with Gasteiger partial charge in [-0.15, -0.1) is 0 Å². The van der Waals surface area contributed by atoms with E-state index in [1.165, 1.54) is 18.2 Å². The normalized spacial score (nSPS) is 10.0. The molecule has 0 saturated heterocycles. The highest BCUT2D eigenvalue weighted by Crippen LogP contribution is 2.14. The fourth-order valence-electron chi connectivity index (χ4n) is 0.908. The average molecular weight is 154 g/mol. The highest BCUT2D eigenvalue weighted by atomic mass is 18.2. The first-order valence-corrected chi connectivity index (χ1v) is 3.41. The molecule has 11 heavy (non-hydrogen) atoms. The van der Waals surface area contributed by atoms with Crippen LogP contribution in [0.4, 0.5) is 4.39 Å². The van der Waals surface area contributed by atoms with Crippen molar-refractivity contribution in [2.45, 2.75) is 6.42 Å². The Labute approximate surface area is 64.5 Å². The zero-order chi connectivity index (χ0) is 8.27. The molecule has 0 aromatic heterocycles. The maximum Gasteiger partial charge on any atom is 0.126 e. The van der Waals surface area contributed by atoms with Crippen LogP contribution in [0.15, 0.2) is 18.2 Å². The fourth-order valence-corrected chi connectivity index (χ4v) is 0.908. The van der Waals surface area contributed by atoms with E-state index in [1.807, 2.05) is 0 Å². The van der Waals surface area contributed by atoms with Gasteiger partial charge in [0.25, 0.3) is 0 Å². The van der Waals surface area contributed by atoms with Crippen LogP contribution >= 0.6 is 0 Å². The summed E-state index contributed by atoms with van der Waals surface area (Å²) in [6.45, 7) is 0.389. The molecule has 0 radical (unpaired) electrons. The van der Waals surface area contributed by atoms with Gasteiger partial charge in [-0.05, 0) is 36.7 Å². The number of benzene rings is 1. The SMILES string of the molecule is NCCc1cc(O)ccc1[18F]. The first kappa shape index (κ1) is 8.01. The summed E-state index contributed by atoms with van der Waals surface area (Å²) in [6, 6.07) is 3.94. The van der Waals surface area contributed by atoms with E-state index >= 15 is 0 Å². The predicted molar refractivity (Wildman–Crippen MR) is 40.8 cm³/mol. The van der Waals surface area contributed by atoms with E-state index in [9.17, 15) is 4.39 Å². The smallest absolute Gasteiger partial charge is 0.126 e. The van der Waals surface area contributed by atoms with Gasteiger partial charge in [0.1, 0.15) is 11.6 Å². The van der Waals surface area contributed by atoms with Crippen molar-refractivity contribution in [1.29, 1.82) is 0 Å². The third-order valence-corrected chi connectivity index (χ3v) is 1.44. The van der Waals surface area contributed by atoms with Crippen LogP contribution in [0.25, 0.3) is 0 Å². The minimum absolute atomic E-state index is 0.0786. The first-order valence-electron chi connectivity index (χ1n) is 3.41. The highest BCUT2D eigenvalue weighted by molar-refractivity contribution is 5.28. The number of aromatic hydroxyl groups is 1. The summed E-state index contributed by atoms with van der Waals surface area (Å²) in [4.78, 5) is 0. The Hall–Kier alpha value is -1.09. The van der Waals surface area contributed by atoms with Crippen LogP contribution in [0.3, 0.4) is 0 Å². The van der Waals surface area contributed by atoms with Crippen molar-refractivity contribution in [2.24, 2.45) is 5.73 Å². The van der Waals surface area contributed by atoms with Crippen molar-refractivity contribution >= 4 is 0 Å². The summed E-state index contributed by atoms with van der Waals surface area (Å²) in [5, 5.41) is 8.96. The van der Waals surface area contributed by atoms with E-state index in [2.05, 4.69) is 0 Å². The number of nitrogens with two attached hydrogens (primary N) is 1. The van der Waals surface area contributed by atoms with E-state index in [1.54, 1.807) is 0 Å². The van der Waals surface area contributed by atoms with Gasteiger partial charge in [-0.3, -0.25) is 0 Å². The third kappa shape index (κ3) is 1.91. The first-order chi connectivity index (χ1) is 5.24. The molecule has 0 unspecified atom stereocenters. The van der Waals surface area contributed by atoms with Crippen LogP contribution in [0.2, 0.25) is 0 Å². The lowest BCUT2D eigenvalue weighted by Crippen LogP contribution is -2.04. The van der Waals surface area contributed by atoms with Crippen molar-refractivity contribution < 1.29 is 9.50 Å². The number of hydrogen-bond donors (Lipinski definition) is 2. The van der Waals surface area contributed by atoms with Gasteiger partial charge in [0.2, 0.25) is 0 Å². The monoisotopic (exact) mass is 154 g/mol. The van der Waals surface area contributed by atoms with Gasteiger partial charge in [0.15, 0.2) is 0 Å². The van der Waals surface area contributed by atoms with Crippen LogP contribution < -0.4 is 5.73 Å². The van der Waals surface area contributed by atoms with Crippen molar-refractivity contribution in [3.63, 3.8) is 0 Å². The second kappa shape index (κ2) is 3.34. The van der Waals surface area contributed by atoms with Gasteiger partial charge in [-0.1, -0.05) is 0 Å². The van der Waals surface area contributed by atoms with Crippen LogP contribution in [0.5, 0.6) is 5.75 Å². The van der Waals surface area contributed by atoms with Crippen molar-refractivity contribution in [2.75, 3.05) is 6.54 Å². The van der Waals surface area contributed by atoms with E-state index in [0.717, 1.165) is 0 Å². The van der Waals surface area contributed by atoms with E-state index in [-0.39, 0.29) is 11.6 Å². The molecule has 1 rings (SSSR count). The Kier molecular flexibility index (Phi) is 2.44. The highest BCUT2D eigenvalue weighted by Gasteiger charge is 2.00. The molecule has 1 aromatic carbocycles. The zero-order valence-corrected chi connectivity index (χ0v) is 6.05. The fraction of sp³-hybridized carbons (Fsp3) is 0.250. The molecule has 0 amide bonds. The summed E-state index contributed by atoms with van der Waals surface area (Å²) in [6.07, 6.45) is 0.459. The van der Waals surface area contributed by atoms with Crippen LogP contribution in [0, 0.1) is 5.82 Å². The van der Waals surface area contributed by atoms with Gasteiger partial charge >= 0.3 is 0 Å². The van der Waals surface area contributed by atoms with E-state index in [4.69, 9.17) is 10.8 Å². The molecule has 0 heterocycles. The van der Waals surface area contributed by atoms with Gasteiger partial charge in [0, 0.05) is 0 Å². The summed E-state index contributed by atoms with van der Waals surface area (Å²) in [7, 11) is 0. The average Bonchev–Trinajstić information content (AvgIpc) is 1.98. The summed E-state index contributed by atoms with van der Waals surface area (Å²) < 4.78 is 12.8. The molecular weight excluding hydrogens is 144 g/mol. The maximum atomic E-state index is 12.8. The Balaban J connectivity index is 2.93. The number of rotatable bonds is 2. The number of hydrogen-bond acceptors (Lipinski definition) is 2. The molecule has 2 nitrogen and oxygen atoms in total. The summed E-state index contributed by atoms with van der Waals surface area (Å²) in [5.41, 5.74) is 5.70. The van der Waals surface area contributed by atoms with E-state index < -0.39 is 0 Å². The van der Waals surface area contributed by atoms with Gasteiger partial charge in [-0.2, -0.15) is 0 Å². The summed E-state index contributed by atoms with van der Waals surface area (Å²) >= 11 is 0. The van der Waals surface area contributed by atoms with Crippen molar-refractivity contribution in [3.05, 3.63) is 29.6 Å². The standard InChI is InChI=1S/C8H10FNO/c9-8-2-1-7(11)5-6(8)3-4-10/h1-2,5,11H,3-4,10H2/i9-1. The molecule has 0 bridgehead atoms. The molecule has 0 saturated carbocycles.